The van der Waals surface area contributed by atoms with E-state index in [0.29, 0.717) is 5.92 Å². The van der Waals surface area contributed by atoms with E-state index in [4.69, 9.17) is 4.74 Å². The van der Waals surface area contributed by atoms with E-state index in [9.17, 15) is 0 Å². The Hall–Kier alpha value is -1.13. The summed E-state index contributed by atoms with van der Waals surface area (Å²) in [5.41, 5.74) is 2.87. The summed E-state index contributed by atoms with van der Waals surface area (Å²) in [5, 5.41) is 3.35. The molecule has 1 N–H and O–H groups in total. The topological polar surface area (TPSA) is 34.1 Å². The number of benzene rings is 1. The van der Waals surface area contributed by atoms with Crippen molar-refractivity contribution >= 4 is 21.6 Å². The summed E-state index contributed by atoms with van der Waals surface area (Å²) in [6.45, 7) is 2.99. The monoisotopic (exact) mass is 234 g/mol. The minimum atomic E-state index is 0.647. The number of fused-ring (bicyclic) bond motifs is 1. The third-order valence-electron chi connectivity index (χ3n) is 2.96. The number of rotatable bonds is 3. The lowest BCUT2D eigenvalue weighted by Crippen LogP contribution is -2.15. The molecule has 1 saturated heterocycles. The first kappa shape index (κ1) is 10.1. The van der Waals surface area contributed by atoms with Gasteiger partial charge in [-0.05, 0) is 25.1 Å². The molecular formula is C12H14N2OS. The van der Waals surface area contributed by atoms with Gasteiger partial charge in [0, 0.05) is 12.5 Å². The van der Waals surface area contributed by atoms with Crippen LogP contribution in [-0.4, -0.2) is 24.7 Å². The van der Waals surface area contributed by atoms with Crippen LogP contribution >= 0.6 is 11.3 Å². The summed E-state index contributed by atoms with van der Waals surface area (Å²) in [7, 11) is 0. The van der Waals surface area contributed by atoms with Crippen LogP contribution < -0.4 is 10.1 Å². The lowest BCUT2D eigenvalue weighted by molar-refractivity contribution is 0.262. The average molecular weight is 234 g/mol. The zero-order chi connectivity index (χ0) is 10.8. The molecule has 0 saturated carbocycles. The summed E-state index contributed by atoms with van der Waals surface area (Å²) in [4.78, 5) is 4.34. The number of hydrogen-bond donors (Lipinski definition) is 1. The zero-order valence-corrected chi connectivity index (χ0v) is 9.80. The molecule has 2 aromatic rings. The van der Waals surface area contributed by atoms with Crippen LogP contribution in [0.5, 0.6) is 5.75 Å². The van der Waals surface area contributed by atoms with Gasteiger partial charge >= 0.3 is 0 Å². The second-order valence-electron chi connectivity index (χ2n) is 4.13. The first-order chi connectivity index (χ1) is 7.93. The van der Waals surface area contributed by atoms with E-state index in [-0.39, 0.29) is 0 Å². The van der Waals surface area contributed by atoms with E-state index in [2.05, 4.69) is 16.4 Å². The predicted octanol–water partition coefficient (Wildman–Crippen LogP) is 2.28. The van der Waals surface area contributed by atoms with Gasteiger partial charge in [0.2, 0.25) is 0 Å². The van der Waals surface area contributed by atoms with Crippen LogP contribution in [-0.2, 0) is 0 Å². The Bertz CT molecular complexity index is 477. The van der Waals surface area contributed by atoms with E-state index in [1.807, 2.05) is 17.6 Å². The Morgan fingerprint density at radius 2 is 2.50 bits per heavy atom. The normalized spacial score (nSPS) is 20.4. The second kappa shape index (κ2) is 4.39. The highest BCUT2D eigenvalue weighted by Gasteiger charge is 2.15. The van der Waals surface area contributed by atoms with Crippen LogP contribution in [0.2, 0.25) is 0 Å². The fourth-order valence-electron chi connectivity index (χ4n) is 2.04. The predicted molar refractivity (Wildman–Crippen MR) is 66.1 cm³/mol. The third-order valence-corrected chi connectivity index (χ3v) is 3.75. The van der Waals surface area contributed by atoms with Gasteiger partial charge in [0.25, 0.3) is 0 Å². The number of ether oxygens (including phenoxy) is 1. The van der Waals surface area contributed by atoms with E-state index in [1.165, 1.54) is 11.1 Å². The van der Waals surface area contributed by atoms with Crippen molar-refractivity contribution in [1.29, 1.82) is 0 Å². The molecule has 0 bridgehead atoms. The molecule has 16 heavy (non-hydrogen) atoms. The van der Waals surface area contributed by atoms with Crippen molar-refractivity contribution < 1.29 is 4.74 Å². The van der Waals surface area contributed by atoms with E-state index >= 15 is 0 Å². The molecule has 3 nitrogen and oxygen atoms in total. The maximum atomic E-state index is 5.87. The summed E-state index contributed by atoms with van der Waals surface area (Å²) < 4.78 is 7.06. The quantitative estimate of drug-likeness (QED) is 0.884. The van der Waals surface area contributed by atoms with Crippen molar-refractivity contribution in [2.24, 2.45) is 5.92 Å². The van der Waals surface area contributed by atoms with Crippen LogP contribution in [0.15, 0.2) is 23.7 Å². The highest BCUT2D eigenvalue weighted by molar-refractivity contribution is 7.16. The lowest BCUT2D eigenvalue weighted by Gasteiger charge is -2.10. The molecule has 4 heteroatoms. The fourth-order valence-corrected chi connectivity index (χ4v) is 2.73. The first-order valence-electron chi connectivity index (χ1n) is 5.59. The molecule has 0 aliphatic carbocycles. The molecule has 1 aliphatic rings. The number of hydrogen-bond acceptors (Lipinski definition) is 4. The molecule has 1 atom stereocenters. The number of thiazole rings is 1. The van der Waals surface area contributed by atoms with Crippen LogP contribution in [0.4, 0.5) is 0 Å². The van der Waals surface area contributed by atoms with E-state index in [0.717, 1.165) is 31.0 Å². The standard InChI is InChI=1S/C12H14N2OS/c1-2-10(12-11(3-1)16-8-14-12)15-7-9-4-5-13-6-9/h1-3,8-9,13H,4-7H2. The highest BCUT2D eigenvalue weighted by atomic mass is 32.1. The van der Waals surface area contributed by atoms with Crippen LogP contribution in [0, 0.1) is 5.92 Å². The molecule has 84 valence electrons. The Morgan fingerprint density at radius 3 is 3.38 bits per heavy atom. The SMILES string of the molecule is c1cc(OCC2CCNC2)c2ncsc2c1. The number of aromatic nitrogens is 1. The van der Waals surface area contributed by atoms with Gasteiger partial charge in [-0.15, -0.1) is 11.3 Å². The molecule has 1 aromatic heterocycles. The maximum Gasteiger partial charge on any atom is 0.146 e. The fraction of sp³-hybridized carbons (Fsp3) is 0.417. The van der Waals surface area contributed by atoms with Crippen molar-refractivity contribution in [2.75, 3.05) is 19.7 Å². The smallest absolute Gasteiger partial charge is 0.146 e. The number of nitrogens with zero attached hydrogens (tertiary/aromatic N) is 1. The third kappa shape index (κ3) is 1.90. The van der Waals surface area contributed by atoms with Gasteiger partial charge in [-0.1, -0.05) is 6.07 Å². The Morgan fingerprint density at radius 1 is 1.50 bits per heavy atom. The van der Waals surface area contributed by atoms with Crippen molar-refractivity contribution in [1.82, 2.24) is 10.3 Å². The average Bonchev–Trinajstić information content (AvgIpc) is 2.97. The minimum absolute atomic E-state index is 0.647. The Balaban J connectivity index is 1.75. The molecular weight excluding hydrogens is 220 g/mol. The minimum Gasteiger partial charge on any atom is -0.491 e. The Kier molecular flexibility index (Phi) is 2.76. The van der Waals surface area contributed by atoms with Gasteiger partial charge in [0.1, 0.15) is 11.3 Å². The molecule has 1 aromatic carbocycles. The molecule has 0 radical (unpaired) electrons. The van der Waals surface area contributed by atoms with Crippen molar-refractivity contribution in [3.05, 3.63) is 23.7 Å². The van der Waals surface area contributed by atoms with Crippen LogP contribution in [0.1, 0.15) is 6.42 Å². The number of para-hydroxylation sites is 1. The van der Waals surface area contributed by atoms with E-state index in [1.54, 1.807) is 11.3 Å². The molecule has 1 unspecified atom stereocenters. The Labute approximate surface area is 98.5 Å². The van der Waals surface area contributed by atoms with Crippen LogP contribution in [0.3, 0.4) is 0 Å². The van der Waals surface area contributed by atoms with Gasteiger partial charge in [0.05, 0.1) is 16.8 Å². The molecule has 1 aliphatic heterocycles. The van der Waals surface area contributed by atoms with Gasteiger partial charge in [-0.2, -0.15) is 0 Å². The number of nitrogens with one attached hydrogen (secondary N) is 1. The summed E-state index contributed by atoms with van der Waals surface area (Å²) in [6, 6.07) is 6.12. The van der Waals surface area contributed by atoms with Crippen molar-refractivity contribution in [2.45, 2.75) is 6.42 Å². The summed E-state index contributed by atoms with van der Waals surface area (Å²) >= 11 is 1.66. The summed E-state index contributed by atoms with van der Waals surface area (Å²) in [5.74, 6) is 1.57. The lowest BCUT2D eigenvalue weighted by atomic mass is 10.1. The molecule has 3 rings (SSSR count). The van der Waals surface area contributed by atoms with Crippen molar-refractivity contribution in [3.8, 4) is 5.75 Å². The first-order valence-corrected chi connectivity index (χ1v) is 6.47. The zero-order valence-electron chi connectivity index (χ0n) is 8.98. The molecule has 1 fully saturated rings. The molecule has 0 spiro atoms. The van der Waals surface area contributed by atoms with Gasteiger partial charge in [-0.25, -0.2) is 4.98 Å². The van der Waals surface area contributed by atoms with Gasteiger partial charge in [0.15, 0.2) is 0 Å². The van der Waals surface area contributed by atoms with Gasteiger partial charge in [-0.3, -0.25) is 0 Å². The van der Waals surface area contributed by atoms with E-state index < -0.39 is 0 Å². The van der Waals surface area contributed by atoms with Gasteiger partial charge < -0.3 is 10.1 Å². The molecule has 2 heterocycles. The highest BCUT2D eigenvalue weighted by Crippen LogP contribution is 2.27. The molecule has 0 amide bonds. The second-order valence-corrected chi connectivity index (χ2v) is 5.01. The largest absolute Gasteiger partial charge is 0.491 e. The van der Waals surface area contributed by atoms with Crippen molar-refractivity contribution in [3.63, 3.8) is 0 Å². The van der Waals surface area contributed by atoms with Crippen LogP contribution in [0.25, 0.3) is 10.2 Å². The summed E-state index contributed by atoms with van der Waals surface area (Å²) in [6.07, 6.45) is 1.22. The maximum absolute atomic E-state index is 5.87.